The summed E-state index contributed by atoms with van der Waals surface area (Å²) in [6, 6.07) is 9.22. The van der Waals surface area contributed by atoms with E-state index in [1.807, 2.05) is 25.3 Å². The van der Waals surface area contributed by atoms with Crippen LogP contribution in [0, 0.1) is 5.92 Å². The first-order valence-corrected chi connectivity index (χ1v) is 14.0. The number of hydrogen-bond donors (Lipinski definition) is 2. The summed E-state index contributed by atoms with van der Waals surface area (Å²) < 4.78 is 11.2. The molecule has 0 spiro atoms. The Labute approximate surface area is 221 Å². The Hall–Kier alpha value is -1.73. The smallest absolute Gasteiger partial charge is 0.126 e. The van der Waals surface area contributed by atoms with Gasteiger partial charge in [-0.1, -0.05) is 36.9 Å². The number of pyridine rings is 2. The molecule has 36 heavy (non-hydrogen) atoms. The molecule has 0 aromatic carbocycles. The van der Waals surface area contributed by atoms with Crippen LogP contribution in [-0.2, 0) is 15.9 Å². The van der Waals surface area contributed by atoms with Gasteiger partial charge in [0.1, 0.15) is 5.82 Å². The number of anilines is 1. The molecule has 0 radical (unpaired) electrons. The lowest BCUT2D eigenvalue weighted by molar-refractivity contribution is -0.0279. The Morgan fingerprint density at radius 1 is 1.11 bits per heavy atom. The quantitative estimate of drug-likeness (QED) is 0.367. The van der Waals surface area contributed by atoms with Crippen molar-refractivity contribution in [1.82, 2.24) is 15.3 Å². The summed E-state index contributed by atoms with van der Waals surface area (Å²) in [7, 11) is 3.60. The third-order valence-electron chi connectivity index (χ3n) is 8.01. The van der Waals surface area contributed by atoms with Crippen LogP contribution in [0.3, 0.4) is 0 Å². The lowest BCUT2D eigenvalue weighted by atomic mass is 9.83. The van der Waals surface area contributed by atoms with Gasteiger partial charge in [0.25, 0.3) is 0 Å². The minimum Gasteiger partial charge on any atom is -0.383 e. The van der Waals surface area contributed by atoms with Crippen molar-refractivity contribution in [2.75, 3.05) is 32.7 Å². The maximum atomic E-state index is 6.60. The van der Waals surface area contributed by atoms with E-state index >= 15 is 0 Å². The molecule has 0 unspecified atom stereocenters. The minimum absolute atomic E-state index is 0.0895. The normalized spacial score (nSPS) is 22.8. The maximum absolute atomic E-state index is 6.60. The molecule has 2 aliphatic carbocycles. The molecule has 4 rings (SSSR count). The lowest BCUT2D eigenvalue weighted by Crippen LogP contribution is -2.41. The fourth-order valence-corrected chi connectivity index (χ4v) is 6.10. The van der Waals surface area contributed by atoms with E-state index in [0.717, 1.165) is 55.2 Å². The van der Waals surface area contributed by atoms with E-state index in [2.05, 4.69) is 28.6 Å². The number of nitrogens with one attached hydrogen (secondary N) is 2. The Bertz CT molecular complexity index is 958. The minimum atomic E-state index is -0.0895. The molecule has 2 saturated carbocycles. The molecule has 2 fully saturated rings. The highest BCUT2D eigenvalue weighted by atomic mass is 35.5. The molecule has 2 heterocycles. The van der Waals surface area contributed by atoms with Crippen molar-refractivity contribution in [1.29, 1.82) is 0 Å². The van der Waals surface area contributed by atoms with Gasteiger partial charge in [0, 0.05) is 50.3 Å². The molecule has 1 atom stereocenters. The Morgan fingerprint density at radius 3 is 2.61 bits per heavy atom. The summed E-state index contributed by atoms with van der Waals surface area (Å²) in [5, 5.41) is 7.88. The topological polar surface area (TPSA) is 68.3 Å². The van der Waals surface area contributed by atoms with Gasteiger partial charge < -0.3 is 20.1 Å². The predicted molar refractivity (Wildman–Crippen MR) is 148 cm³/mol. The highest BCUT2D eigenvalue weighted by molar-refractivity contribution is 6.33. The number of halogens is 1. The van der Waals surface area contributed by atoms with E-state index in [9.17, 15) is 0 Å². The van der Waals surface area contributed by atoms with Crippen molar-refractivity contribution >= 4 is 17.4 Å². The van der Waals surface area contributed by atoms with Gasteiger partial charge in [-0.2, -0.15) is 0 Å². The van der Waals surface area contributed by atoms with Gasteiger partial charge in [0.2, 0.25) is 0 Å². The molecule has 2 aromatic heterocycles. The second kappa shape index (κ2) is 13.2. The van der Waals surface area contributed by atoms with E-state index in [1.54, 1.807) is 13.3 Å². The molecular weight excluding hydrogens is 472 g/mol. The number of methoxy groups -OCH3 is 2. The zero-order valence-electron chi connectivity index (χ0n) is 22.2. The third kappa shape index (κ3) is 7.41. The van der Waals surface area contributed by atoms with Gasteiger partial charge >= 0.3 is 0 Å². The maximum Gasteiger partial charge on any atom is 0.126 e. The Morgan fingerprint density at radius 2 is 1.89 bits per heavy atom. The average molecular weight is 515 g/mol. The highest BCUT2D eigenvalue weighted by Gasteiger charge is 2.31. The van der Waals surface area contributed by atoms with Crippen LogP contribution in [0.4, 0.5) is 5.82 Å². The SMILES string of the molecule is COC[C@@H](C)NC1CCC(Cc2cc(-c3cccc(NCC4(OC)CCCCC4)n3)c(Cl)cn2)CC1. The second-order valence-electron chi connectivity index (χ2n) is 10.8. The van der Waals surface area contributed by atoms with Crippen molar-refractivity contribution in [2.24, 2.45) is 5.92 Å². The van der Waals surface area contributed by atoms with Gasteiger partial charge in [-0.25, -0.2) is 4.98 Å². The number of rotatable bonds is 11. The molecule has 0 amide bonds. The van der Waals surface area contributed by atoms with Crippen molar-refractivity contribution in [3.63, 3.8) is 0 Å². The predicted octanol–water partition coefficient (Wildman–Crippen LogP) is 6.28. The average Bonchev–Trinajstić information content (AvgIpc) is 2.90. The summed E-state index contributed by atoms with van der Waals surface area (Å²) in [6.45, 7) is 3.73. The summed E-state index contributed by atoms with van der Waals surface area (Å²) in [5.41, 5.74) is 2.84. The summed E-state index contributed by atoms with van der Waals surface area (Å²) in [6.07, 6.45) is 13.6. The third-order valence-corrected chi connectivity index (χ3v) is 8.31. The van der Waals surface area contributed by atoms with Crippen LogP contribution in [0.5, 0.6) is 0 Å². The van der Waals surface area contributed by atoms with E-state index in [0.29, 0.717) is 23.0 Å². The van der Waals surface area contributed by atoms with Crippen LogP contribution < -0.4 is 10.6 Å². The van der Waals surface area contributed by atoms with Gasteiger partial charge in [-0.3, -0.25) is 4.98 Å². The number of aromatic nitrogens is 2. The first-order chi connectivity index (χ1) is 17.5. The van der Waals surface area contributed by atoms with Crippen molar-refractivity contribution in [3.8, 4) is 11.3 Å². The van der Waals surface area contributed by atoms with Crippen LogP contribution in [0.1, 0.15) is 70.4 Å². The number of hydrogen-bond acceptors (Lipinski definition) is 6. The zero-order valence-corrected chi connectivity index (χ0v) is 22.9. The number of nitrogens with zero attached hydrogens (tertiary/aromatic N) is 2. The van der Waals surface area contributed by atoms with E-state index in [-0.39, 0.29) is 5.60 Å². The molecule has 2 aliphatic rings. The van der Waals surface area contributed by atoms with Crippen LogP contribution >= 0.6 is 11.6 Å². The lowest BCUT2D eigenvalue weighted by Gasteiger charge is -2.36. The van der Waals surface area contributed by atoms with E-state index in [4.69, 9.17) is 26.1 Å². The first-order valence-electron chi connectivity index (χ1n) is 13.7. The molecule has 6 nitrogen and oxygen atoms in total. The molecule has 0 bridgehead atoms. The monoisotopic (exact) mass is 514 g/mol. The van der Waals surface area contributed by atoms with Crippen molar-refractivity contribution in [3.05, 3.63) is 41.2 Å². The molecule has 2 aromatic rings. The van der Waals surface area contributed by atoms with Crippen molar-refractivity contribution < 1.29 is 9.47 Å². The number of ether oxygens (including phenoxy) is 2. The van der Waals surface area contributed by atoms with Gasteiger partial charge in [-0.15, -0.1) is 0 Å². The first kappa shape index (κ1) is 27.3. The molecular formula is C29H43ClN4O2. The van der Waals surface area contributed by atoms with Crippen LogP contribution in [0.15, 0.2) is 30.5 Å². The van der Waals surface area contributed by atoms with E-state index in [1.165, 1.54) is 44.9 Å². The van der Waals surface area contributed by atoms with E-state index < -0.39 is 0 Å². The Balaban J connectivity index is 1.37. The summed E-state index contributed by atoms with van der Waals surface area (Å²) in [4.78, 5) is 9.56. The second-order valence-corrected chi connectivity index (χ2v) is 11.2. The van der Waals surface area contributed by atoms with Crippen LogP contribution in [0.25, 0.3) is 11.3 Å². The summed E-state index contributed by atoms with van der Waals surface area (Å²) in [5.74, 6) is 1.52. The van der Waals surface area contributed by atoms with Crippen LogP contribution in [0.2, 0.25) is 5.02 Å². The largest absolute Gasteiger partial charge is 0.383 e. The molecule has 0 aliphatic heterocycles. The highest BCUT2D eigenvalue weighted by Crippen LogP contribution is 2.33. The van der Waals surface area contributed by atoms with Gasteiger partial charge in [-0.05, 0) is 76.0 Å². The van der Waals surface area contributed by atoms with Crippen LogP contribution in [-0.4, -0.2) is 55.0 Å². The zero-order chi connectivity index (χ0) is 25.4. The molecule has 2 N–H and O–H groups in total. The molecule has 0 saturated heterocycles. The molecule has 198 valence electrons. The Kier molecular flexibility index (Phi) is 10.00. The summed E-state index contributed by atoms with van der Waals surface area (Å²) >= 11 is 6.60. The van der Waals surface area contributed by atoms with Gasteiger partial charge in [0.05, 0.1) is 22.9 Å². The standard InChI is InChI=1S/C29H43ClN4O2/c1-21(19-35-2)33-23-12-10-22(11-13-23)16-24-17-25(26(30)18-31-24)27-8-7-9-28(34-27)32-20-29(36-3)14-5-4-6-15-29/h7-9,17-18,21-23,33H,4-6,10-16,19-20H2,1-3H3,(H,32,34)/t21-,22?,23?/m1/s1. The van der Waals surface area contributed by atoms with Crippen molar-refractivity contribution in [2.45, 2.75) is 88.8 Å². The van der Waals surface area contributed by atoms with Gasteiger partial charge in [0.15, 0.2) is 0 Å². The molecule has 7 heteroatoms. The fraction of sp³-hybridized carbons (Fsp3) is 0.655. The fourth-order valence-electron chi connectivity index (χ4n) is 5.90.